The van der Waals surface area contributed by atoms with Crippen LogP contribution < -0.4 is 0 Å². The van der Waals surface area contributed by atoms with E-state index in [0.29, 0.717) is 11.7 Å². The summed E-state index contributed by atoms with van der Waals surface area (Å²) in [4.78, 5) is 0.742. The molecule has 0 amide bonds. The second kappa shape index (κ2) is 4.54. The first kappa shape index (κ1) is 11.0. The Kier molecular flexibility index (Phi) is 3.32. The van der Waals surface area contributed by atoms with Crippen LogP contribution in [0.15, 0.2) is 23.1 Å². The standard InChI is InChI=1S/C12H15FOS/c1-8(14)6-9-2-5-12(11(13)7-9)15-10-3-4-10/h2,5,7-8,10,14H,3-4,6H2,1H3. The second-order valence-corrected chi connectivity index (χ2v) is 5.48. The number of aliphatic hydroxyl groups excluding tert-OH is 1. The third kappa shape index (κ3) is 3.21. The fourth-order valence-corrected chi connectivity index (χ4v) is 2.52. The van der Waals surface area contributed by atoms with Crippen LogP contribution in [0.2, 0.25) is 0 Å². The van der Waals surface area contributed by atoms with Crippen molar-refractivity contribution in [1.82, 2.24) is 0 Å². The predicted octanol–water partition coefficient (Wildman–Crippen LogP) is 3.00. The number of hydrogen-bond acceptors (Lipinski definition) is 2. The van der Waals surface area contributed by atoms with Gasteiger partial charge in [-0.1, -0.05) is 6.07 Å². The fraction of sp³-hybridized carbons (Fsp3) is 0.500. The minimum atomic E-state index is -0.411. The molecule has 0 heterocycles. The van der Waals surface area contributed by atoms with Crippen LogP contribution in [0.25, 0.3) is 0 Å². The highest BCUT2D eigenvalue weighted by atomic mass is 32.2. The minimum absolute atomic E-state index is 0.148. The Morgan fingerprint density at radius 1 is 1.53 bits per heavy atom. The van der Waals surface area contributed by atoms with Crippen LogP contribution in [0.3, 0.4) is 0 Å². The lowest BCUT2D eigenvalue weighted by Gasteiger charge is -2.07. The summed E-state index contributed by atoms with van der Waals surface area (Å²) in [6.45, 7) is 1.71. The van der Waals surface area contributed by atoms with Gasteiger partial charge in [0.25, 0.3) is 0 Å². The third-order valence-electron chi connectivity index (χ3n) is 2.35. The topological polar surface area (TPSA) is 20.2 Å². The van der Waals surface area contributed by atoms with E-state index in [1.807, 2.05) is 12.1 Å². The van der Waals surface area contributed by atoms with Gasteiger partial charge in [0.15, 0.2) is 0 Å². The van der Waals surface area contributed by atoms with Gasteiger partial charge in [0, 0.05) is 10.1 Å². The Labute approximate surface area is 93.7 Å². The van der Waals surface area contributed by atoms with Gasteiger partial charge >= 0.3 is 0 Å². The number of benzene rings is 1. The third-order valence-corrected chi connectivity index (χ3v) is 3.74. The van der Waals surface area contributed by atoms with E-state index in [1.54, 1.807) is 18.7 Å². The van der Waals surface area contributed by atoms with Crippen molar-refractivity contribution in [3.63, 3.8) is 0 Å². The SMILES string of the molecule is CC(O)Cc1ccc(SC2CC2)c(F)c1. The zero-order chi connectivity index (χ0) is 10.8. The van der Waals surface area contributed by atoms with E-state index in [1.165, 1.54) is 18.9 Å². The lowest BCUT2D eigenvalue weighted by Crippen LogP contribution is -2.04. The van der Waals surface area contributed by atoms with E-state index >= 15 is 0 Å². The van der Waals surface area contributed by atoms with Gasteiger partial charge in [0.1, 0.15) is 5.82 Å². The highest BCUT2D eigenvalue weighted by Crippen LogP contribution is 2.40. The Balaban J connectivity index is 2.07. The smallest absolute Gasteiger partial charge is 0.137 e. The average Bonchev–Trinajstić information content (AvgIpc) is 2.92. The van der Waals surface area contributed by atoms with E-state index in [2.05, 4.69) is 0 Å². The van der Waals surface area contributed by atoms with Crippen molar-refractivity contribution in [2.75, 3.05) is 0 Å². The summed E-state index contributed by atoms with van der Waals surface area (Å²) in [5.74, 6) is -0.148. The molecule has 15 heavy (non-hydrogen) atoms. The van der Waals surface area contributed by atoms with Crippen LogP contribution in [0.4, 0.5) is 4.39 Å². The first-order chi connectivity index (χ1) is 7.15. The molecule has 1 nitrogen and oxygen atoms in total. The molecule has 0 bridgehead atoms. The van der Waals surface area contributed by atoms with Crippen molar-refractivity contribution in [1.29, 1.82) is 0 Å². The molecule has 1 aliphatic carbocycles. The molecule has 1 aromatic rings. The molecule has 1 fully saturated rings. The highest BCUT2D eigenvalue weighted by Gasteiger charge is 2.23. The molecule has 0 spiro atoms. The molecule has 1 unspecified atom stereocenters. The first-order valence-electron chi connectivity index (χ1n) is 5.28. The molecule has 0 aliphatic heterocycles. The van der Waals surface area contributed by atoms with Gasteiger partial charge in [-0.15, -0.1) is 11.8 Å². The Bertz CT molecular complexity index is 347. The monoisotopic (exact) mass is 226 g/mol. The number of hydrogen-bond donors (Lipinski definition) is 1. The quantitative estimate of drug-likeness (QED) is 0.851. The predicted molar refractivity (Wildman–Crippen MR) is 60.7 cm³/mol. The van der Waals surface area contributed by atoms with E-state index < -0.39 is 6.10 Å². The van der Waals surface area contributed by atoms with E-state index in [4.69, 9.17) is 0 Å². The highest BCUT2D eigenvalue weighted by molar-refractivity contribution is 8.00. The molecule has 0 aromatic heterocycles. The van der Waals surface area contributed by atoms with Crippen molar-refractivity contribution >= 4 is 11.8 Å². The average molecular weight is 226 g/mol. The summed E-state index contributed by atoms with van der Waals surface area (Å²) in [5.41, 5.74) is 0.864. The van der Waals surface area contributed by atoms with Crippen molar-refractivity contribution in [3.8, 4) is 0 Å². The summed E-state index contributed by atoms with van der Waals surface area (Å²) < 4.78 is 13.6. The van der Waals surface area contributed by atoms with Gasteiger partial charge in [0.2, 0.25) is 0 Å². The maximum absolute atomic E-state index is 13.6. The summed E-state index contributed by atoms with van der Waals surface area (Å²) in [5, 5.41) is 9.82. The van der Waals surface area contributed by atoms with Gasteiger partial charge in [-0.25, -0.2) is 4.39 Å². The van der Waals surface area contributed by atoms with Crippen LogP contribution in [-0.2, 0) is 6.42 Å². The van der Waals surface area contributed by atoms with Gasteiger partial charge in [-0.05, 0) is 43.9 Å². The fourth-order valence-electron chi connectivity index (χ4n) is 1.47. The number of thioether (sulfide) groups is 1. The Morgan fingerprint density at radius 2 is 2.27 bits per heavy atom. The van der Waals surface area contributed by atoms with Crippen molar-refractivity contribution in [2.45, 2.75) is 42.4 Å². The molecule has 1 aliphatic rings. The lowest BCUT2D eigenvalue weighted by molar-refractivity contribution is 0.195. The van der Waals surface area contributed by atoms with Crippen LogP contribution in [0.5, 0.6) is 0 Å². The summed E-state index contributed by atoms with van der Waals surface area (Å²) in [6, 6.07) is 5.27. The Morgan fingerprint density at radius 3 is 2.80 bits per heavy atom. The maximum atomic E-state index is 13.6. The van der Waals surface area contributed by atoms with Crippen molar-refractivity contribution < 1.29 is 9.50 Å². The van der Waals surface area contributed by atoms with Gasteiger partial charge < -0.3 is 5.11 Å². The first-order valence-corrected chi connectivity index (χ1v) is 6.16. The van der Waals surface area contributed by atoms with Crippen molar-refractivity contribution in [2.24, 2.45) is 0 Å². The van der Waals surface area contributed by atoms with E-state index in [9.17, 15) is 9.50 Å². The number of rotatable bonds is 4. The van der Waals surface area contributed by atoms with Gasteiger partial charge in [-0.3, -0.25) is 0 Å². The molecule has 0 saturated heterocycles. The molecule has 2 rings (SSSR count). The zero-order valence-electron chi connectivity index (χ0n) is 8.74. The molecular formula is C12H15FOS. The molecule has 0 radical (unpaired) electrons. The minimum Gasteiger partial charge on any atom is -0.393 e. The molecule has 1 saturated carbocycles. The summed E-state index contributed by atoms with van der Waals surface area (Å²) >= 11 is 1.63. The molecule has 1 aromatic carbocycles. The molecular weight excluding hydrogens is 211 g/mol. The number of aliphatic hydroxyl groups is 1. The molecule has 1 N–H and O–H groups in total. The second-order valence-electron chi connectivity index (χ2n) is 4.14. The van der Waals surface area contributed by atoms with Crippen LogP contribution in [0, 0.1) is 5.82 Å². The van der Waals surface area contributed by atoms with Crippen molar-refractivity contribution in [3.05, 3.63) is 29.6 Å². The van der Waals surface area contributed by atoms with Crippen LogP contribution in [-0.4, -0.2) is 16.5 Å². The lowest BCUT2D eigenvalue weighted by atomic mass is 10.1. The van der Waals surface area contributed by atoms with E-state index in [-0.39, 0.29) is 5.82 Å². The molecule has 82 valence electrons. The Hall–Kier alpha value is -0.540. The molecule has 1 atom stereocenters. The normalized spacial score (nSPS) is 17.8. The largest absolute Gasteiger partial charge is 0.393 e. The van der Waals surface area contributed by atoms with Gasteiger partial charge in [0.05, 0.1) is 6.10 Å². The zero-order valence-corrected chi connectivity index (χ0v) is 9.56. The molecule has 3 heteroatoms. The van der Waals surface area contributed by atoms with Crippen LogP contribution >= 0.6 is 11.8 Å². The number of halogens is 1. The maximum Gasteiger partial charge on any atom is 0.137 e. The van der Waals surface area contributed by atoms with Gasteiger partial charge in [-0.2, -0.15) is 0 Å². The summed E-state index contributed by atoms with van der Waals surface area (Å²) in [6.07, 6.45) is 2.52. The summed E-state index contributed by atoms with van der Waals surface area (Å²) in [7, 11) is 0. The van der Waals surface area contributed by atoms with E-state index in [0.717, 1.165) is 10.5 Å². The van der Waals surface area contributed by atoms with Crippen LogP contribution in [0.1, 0.15) is 25.3 Å².